The summed E-state index contributed by atoms with van der Waals surface area (Å²) >= 11 is 0. The summed E-state index contributed by atoms with van der Waals surface area (Å²) in [5.74, 6) is -8.54. The highest BCUT2D eigenvalue weighted by molar-refractivity contribution is 6.14. The van der Waals surface area contributed by atoms with Gasteiger partial charge >= 0.3 is 5.97 Å². The van der Waals surface area contributed by atoms with Gasteiger partial charge in [0.25, 0.3) is 11.8 Å². The van der Waals surface area contributed by atoms with E-state index in [9.17, 15) is 18.4 Å². The third-order valence-corrected chi connectivity index (χ3v) is 5.99. The van der Waals surface area contributed by atoms with Gasteiger partial charge in [0.05, 0.1) is 37.0 Å². The predicted molar refractivity (Wildman–Crippen MR) is 146 cm³/mol. The number of aromatic nitrogens is 2. The monoisotopic (exact) mass is 545 g/mol. The molecule has 0 radical (unpaired) electrons. The molecule has 2 rings (SSSR count). The van der Waals surface area contributed by atoms with Crippen molar-refractivity contribution in [2.24, 2.45) is 22.6 Å². The molecule has 1 aliphatic carbocycles. The van der Waals surface area contributed by atoms with E-state index in [2.05, 4.69) is 25.0 Å². The molecular weight excluding hydrogens is 508 g/mol. The molecule has 0 bridgehead atoms. The quantitative estimate of drug-likeness (QED) is 0.222. The van der Waals surface area contributed by atoms with Crippen molar-refractivity contribution in [3.8, 4) is 5.88 Å². The smallest absolute Gasteiger partial charge is 0.315 e. The second-order valence-corrected chi connectivity index (χ2v) is 9.52. The molecule has 0 spiro atoms. The van der Waals surface area contributed by atoms with Crippen LogP contribution in [0, 0.1) is 11.8 Å². The van der Waals surface area contributed by atoms with E-state index in [1.54, 1.807) is 32.2 Å². The molecule has 39 heavy (non-hydrogen) atoms. The minimum atomic E-state index is -3.48. The van der Waals surface area contributed by atoms with Gasteiger partial charge in [-0.2, -0.15) is 4.98 Å². The molecule has 9 nitrogen and oxygen atoms in total. The Morgan fingerprint density at radius 3 is 2.41 bits per heavy atom. The summed E-state index contributed by atoms with van der Waals surface area (Å²) in [6.45, 7) is 12.8. The largest absolute Gasteiger partial charge is 0.474 e. The molecule has 2 atom stereocenters. The SMILES string of the molecule is CC/C=C(\C)C(\C=C/C(C)=C(C)\C(Nc1cncc(OC(C)C)n1)=C(\C)N)=NC(=O)C1C(C(=O)OC)C1(F)F. The van der Waals surface area contributed by atoms with Crippen molar-refractivity contribution < 1.29 is 27.8 Å². The Morgan fingerprint density at radius 2 is 1.85 bits per heavy atom. The van der Waals surface area contributed by atoms with Gasteiger partial charge in [-0.1, -0.05) is 19.1 Å². The number of hydrogen-bond donors (Lipinski definition) is 2. The molecule has 0 aromatic carbocycles. The minimum absolute atomic E-state index is 0.0692. The number of rotatable bonds is 11. The van der Waals surface area contributed by atoms with Gasteiger partial charge in [-0.3, -0.25) is 14.6 Å². The van der Waals surface area contributed by atoms with Gasteiger partial charge in [-0.15, -0.1) is 0 Å². The molecular formula is C28H37F2N5O4. The fraction of sp³-hybridized carbons (Fsp3) is 0.464. The molecule has 1 aromatic heterocycles. The number of alkyl halides is 2. The van der Waals surface area contributed by atoms with Gasteiger partial charge < -0.3 is 20.5 Å². The number of nitrogens with two attached hydrogens (primary N) is 1. The Balaban J connectivity index is 2.37. The van der Waals surface area contributed by atoms with E-state index in [0.717, 1.165) is 18.3 Å². The van der Waals surface area contributed by atoms with E-state index in [-0.39, 0.29) is 11.8 Å². The summed E-state index contributed by atoms with van der Waals surface area (Å²) in [6, 6.07) is 0. The summed E-state index contributed by atoms with van der Waals surface area (Å²) in [7, 11) is 1.00. The normalized spacial score (nSPS) is 20.4. The molecule has 11 heteroatoms. The van der Waals surface area contributed by atoms with E-state index >= 15 is 0 Å². The maximum absolute atomic E-state index is 14.1. The van der Waals surface area contributed by atoms with Crippen LogP contribution in [-0.2, 0) is 14.3 Å². The molecule has 1 amide bonds. The highest BCUT2D eigenvalue weighted by Crippen LogP contribution is 2.56. The van der Waals surface area contributed by atoms with Crippen molar-refractivity contribution >= 4 is 23.4 Å². The molecule has 212 valence electrons. The van der Waals surface area contributed by atoms with Gasteiger partial charge in [0.15, 0.2) is 5.82 Å². The van der Waals surface area contributed by atoms with Crippen LogP contribution in [0.25, 0.3) is 0 Å². The first-order chi connectivity index (χ1) is 18.2. The van der Waals surface area contributed by atoms with Crippen LogP contribution in [0.1, 0.15) is 54.9 Å². The summed E-state index contributed by atoms with van der Waals surface area (Å²) in [4.78, 5) is 36.8. The van der Waals surface area contributed by atoms with Crippen LogP contribution in [-0.4, -0.2) is 46.7 Å². The Bertz CT molecular complexity index is 1240. The van der Waals surface area contributed by atoms with Crippen LogP contribution in [0.5, 0.6) is 5.88 Å². The Labute approximate surface area is 228 Å². The number of hydrogen-bond acceptors (Lipinski definition) is 8. The lowest BCUT2D eigenvalue weighted by molar-refractivity contribution is -0.145. The van der Waals surface area contributed by atoms with Gasteiger partial charge in [-0.05, 0) is 70.8 Å². The molecule has 3 N–H and O–H groups in total. The van der Waals surface area contributed by atoms with Crippen LogP contribution < -0.4 is 15.8 Å². The van der Waals surface area contributed by atoms with Crippen molar-refractivity contribution in [3.05, 3.63) is 58.7 Å². The first-order valence-electron chi connectivity index (χ1n) is 12.6. The number of esters is 1. The topological polar surface area (TPSA) is 129 Å². The number of nitrogens with zero attached hydrogens (tertiary/aromatic N) is 3. The van der Waals surface area contributed by atoms with Crippen molar-refractivity contribution in [3.63, 3.8) is 0 Å². The van der Waals surface area contributed by atoms with E-state index in [0.29, 0.717) is 35.1 Å². The van der Waals surface area contributed by atoms with E-state index in [1.807, 2.05) is 40.7 Å². The number of anilines is 1. The molecule has 1 aromatic rings. The van der Waals surface area contributed by atoms with Crippen LogP contribution in [0.3, 0.4) is 0 Å². The fourth-order valence-electron chi connectivity index (χ4n) is 3.76. The zero-order chi connectivity index (χ0) is 29.5. The van der Waals surface area contributed by atoms with Crippen molar-refractivity contribution in [1.29, 1.82) is 0 Å². The lowest BCUT2D eigenvalue weighted by atomic mass is 10.0. The number of aliphatic imine (C=N–C) groups is 1. The molecule has 1 fully saturated rings. The molecule has 2 unspecified atom stereocenters. The Kier molecular flexibility index (Phi) is 10.6. The maximum Gasteiger partial charge on any atom is 0.315 e. The van der Waals surface area contributed by atoms with E-state index < -0.39 is 29.6 Å². The average Bonchev–Trinajstić information content (AvgIpc) is 3.45. The van der Waals surface area contributed by atoms with Crippen molar-refractivity contribution in [2.75, 3.05) is 12.4 Å². The van der Waals surface area contributed by atoms with Gasteiger partial charge in [0.1, 0.15) is 11.8 Å². The second-order valence-electron chi connectivity index (χ2n) is 9.52. The highest BCUT2D eigenvalue weighted by Gasteiger charge is 2.76. The number of carbonyl (C=O) groups excluding carboxylic acids is 2. The van der Waals surface area contributed by atoms with Gasteiger partial charge in [0, 0.05) is 5.70 Å². The van der Waals surface area contributed by atoms with Crippen molar-refractivity contribution in [2.45, 2.75) is 66.9 Å². The number of methoxy groups -OCH3 is 1. The summed E-state index contributed by atoms with van der Waals surface area (Å²) in [5.41, 5.74) is 9.63. The standard InChI is InChI=1S/C28H37F2N5O4/c1-9-10-17(5)20(33-26(36)23-24(27(37)38-8)28(23,29)30)12-11-16(4)18(6)25(19(7)31)35-21-13-32-14-22(34-21)39-15(2)3/h10-15,23-24H,9,31H2,1-8H3,(H,34,35)/b12-11-,17-10+,18-16-,25-19+,33-20?. The van der Waals surface area contributed by atoms with Crippen LogP contribution in [0.15, 0.2) is 63.7 Å². The number of amides is 1. The van der Waals surface area contributed by atoms with Crippen LogP contribution in [0.4, 0.5) is 14.6 Å². The minimum Gasteiger partial charge on any atom is -0.474 e. The van der Waals surface area contributed by atoms with Gasteiger partial charge in [-0.25, -0.2) is 13.8 Å². The zero-order valence-electron chi connectivity index (χ0n) is 23.6. The van der Waals surface area contributed by atoms with Gasteiger partial charge in [0.2, 0.25) is 5.88 Å². The van der Waals surface area contributed by atoms with E-state index in [1.165, 1.54) is 6.20 Å². The fourth-order valence-corrected chi connectivity index (χ4v) is 3.76. The average molecular weight is 546 g/mol. The summed E-state index contributed by atoms with van der Waals surface area (Å²) < 4.78 is 38.3. The summed E-state index contributed by atoms with van der Waals surface area (Å²) in [6.07, 6.45) is 8.75. The Hall–Kier alpha value is -3.89. The van der Waals surface area contributed by atoms with Crippen LogP contribution >= 0.6 is 0 Å². The van der Waals surface area contributed by atoms with Crippen molar-refractivity contribution in [1.82, 2.24) is 9.97 Å². The van der Waals surface area contributed by atoms with Crippen LogP contribution in [0.2, 0.25) is 0 Å². The van der Waals surface area contributed by atoms with E-state index in [4.69, 9.17) is 10.5 Å². The maximum atomic E-state index is 14.1. The third-order valence-electron chi connectivity index (χ3n) is 5.99. The summed E-state index contributed by atoms with van der Waals surface area (Å²) in [5, 5.41) is 3.18. The first-order valence-corrected chi connectivity index (χ1v) is 12.6. The lowest BCUT2D eigenvalue weighted by Crippen LogP contribution is -2.12. The number of halogens is 2. The molecule has 0 saturated heterocycles. The molecule has 0 aliphatic heterocycles. The first kappa shape index (κ1) is 31.3. The number of allylic oxidation sites excluding steroid dienone is 7. The zero-order valence-corrected chi connectivity index (χ0v) is 23.6. The number of ether oxygens (including phenoxy) is 2. The highest BCUT2D eigenvalue weighted by atomic mass is 19.3. The third kappa shape index (κ3) is 8.05. The lowest BCUT2D eigenvalue weighted by Gasteiger charge is -2.16. The molecule has 1 aliphatic rings. The predicted octanol–water partition coefficient (Wildman–Crippen LogP) is 5.14. The Morgan fingerprint density at radius 1 is 1.18 bits per heavy atom. The molecule has 1 saturated carbocycles. The number of nitrogens with one attached hydrogen (secondary N) is 1. The second kappa shape index (κ2) is 13.3. The molecule has 1 heterocycles. The number of carbonyl (C=O) groups is 2.